The maximum atomic E-state index is 6.11. The van der Waals surface area contributed by atoms with Crippen molar-refractivity contribution in [2.24, 2.45) is 5.73 Å². The van der Waals surface area contributed by atoms with Crippen LogP contribution in [0.2, 0.25) is 0 Å². The van der Waals surface area contributed by atoms with Gasteiger partial charge in [-0.05, 0) is 26.1 Å². The molecule has 14 heavy (non-hydrogen) atoms. The fourth-order valence-corrected chi connectivity index (χ4v) is 1.80. The summed E-state index contributed by atoms with van der Waals surface area (Å²) in [6.07, 6.45) is 0.998. The molecule has 78 valence electrons. The molecular weight excluding hydrogens is 172 g/mol. The van der Waals surface area contributed by atoms with Crippen molar-refractivity contribution in [1.29, 1.82) is 0 Å². The SMILES string of the molecule is CCC(N)C(c1ccccc1)N(C)C. The van der Waals surface area contributed by atoms with Gasteiger partial charge in [0.2, 0.25) is 0 Å². The molecule has 0 amide bonds. The lowest BCUT2D eigenvalue weighted by molar-refractivity contribution is 0.253. The van der Waals surface area contributed by atoms with E-state index in [2.05, 4.69) is 50.2 Å². The minimum atomic E-state index is 0.201. The van der Waals surface area contributed by atoms with Crippen LogP contribution in [0.25, 0.3) is 0 Å². The van der Waals surface area contributed by atoms with Crippen LogP contribution in [-0.2, 0) is 0 Å². The zero-order valence-corrected chi connectivity index (χ0v) is 9.27. The number of rotatable bonds is 4. The average Bonchev–Trinajstić information content (AvgIpc) is 2.19. The second kappa shape index (κ2) is 5.13. The Hall–Kier alpha value is -0.860. The van der Waals surface area contributed by atoms with Crippen molar-refractivity contribution in [2.75, 3.05) is 14.1 Å². The van der Waals surface area contributed by atoms with Gasteiger partial charge in [0.05, 0.1) is 0 Å². The van der Waals surface area contributed by atoms with Gasteiger partial charge in [-0.15, -0.1) is 0 Å². The Morgan fingerprint density at radius 1 is 1.21 bits per heavy atom. The van der Waals surface area contributed by atoms with Crippen molar-refractivity contribution < 1.29 is 0 Å². The smallest absolute Gasteiger partial charge is 0.0493 e. The second-order valence-corrected chi connectivity index (χ2v) is 3.89. The number of hydrogen-bond donors (Lipinski definition) is 1. The van der Waals surface area contributed by atoms with E-state index in [1.165, 1.54) is 5.56 Å². The van der Waals surface area contributed by atoms with Crippen LogP contribution in [0.5, 0.6) is 0 Å². The average molecular weight is 192 g/mol. The lowest BCUT2D eigenvalue weighted by Crippen LogP contribution is -2.36. The van der Waals surface area contributed by atoms with Gasteiger partial charge < -0.3 is 10.6 Å². The third-order valence-electron chi connectivity index (χ3n) is 2.57. The third-order valence-corrected chi connectivity index (χ3v) is 2.57. The van der Waals surface area contributed by atoms with E-state index in [1.54, 1.807) is 0 Å². The van der Waals surface area contributed by atoms with Gasteiger partial charge >= 0.3 is 0 Å². The highest BCUT2D eigenvalue weighted by atomic mass is 15.1. The van der Waals surface area contributed by atoms with Crippen molar-refractivity contribution in [2.45, 2.75) is 25.4 Å². The minimum Gasteiger partial charge on any atom is -0.326 e. The molecule has 0 aromatic heterocycles. The van der Waals surface area contributed by atoms with Crippen molar-refractivity contribution in [3.8, 4) is 0 Å². The van der Waals surface area contributed by atoms with Crippen molar-refractivity contribution in [3.63, 3.8) is 0 Å². The molecule has 0 aliphatic heterocycles. The number of nitrogens with zero attached hydrogens (tertiary/aromatic N) is 1. The number of nitrogens with two attached hydrogens (primary N) is 1. The molecule has 2 unspecified atom stereocenters. The van der Waals surface area contributed by atoms with E-state index in [0.29, 0.717) is 6.04 Å². The van der Waals surface area contributed by atoms with Gasteiger partial charge in [0, 0.05) is 12.1 Å². The van der Waals surface area contributed by atoms with Gasteiger partial charge in [-0.3, -0.25) is 0 Å². The van der Waals surface area contributed by atoms with E-state index >= 15 is 0 Å². The Morgan fingerprint density at radius 3 is 2.21 bits per heavy atom. The molecule has 2 atom stereocenters. The summed E-state index contributed by atoms with van der Waals surface area (Å²) in [5.74, 6) is 0. The Morgan fingerprint density at radius 2 is 1.79 bits per heavy atom. The Bertz CT molecular complexity index is 256. The van der Waals surface area contributed by atoms with Crippen LogP contribution < -0.4 is 5.73 Å². The predicted octanol–water partition coefficient (Wildman–Crippen LogP) is 2.03. The molecule has 0 aliphatic carbocycles. The predicted molar refractivity (Wildman–Crippen MR) is 61.1 cm³/mol. The van der Waals surface area contributed by atoms with E-state index in [-0.39, 0.29) is 6.04 Å². The summed E-state index contributed by atoms with van der Waals surface area (Å²) >= 11 is 0. The number of benzene rings is 1. The van der Waals surface area contributed by atoms with E-state index in [0.717, 1.165) is 6.42 Å². The first kappa shape index (κ1) is 11.2. The fourth-order valence-electron chi connectivity index (χ4n) is 1.80. The van der Waals surface area contributed by atoms with Gasteiger partial charge in [-0.25, -0.2) is 0 Å². The van der Waals surface area contributed by atoms with Crippen LogP contribution in [-0.4, -0.2) is 25.0 Å². The molecule has 0 aliphatic rings. The van der Waals surface area contributed by atoms with E-state index < -0.39 is 0 Å². The molecule has 2 N–H and O–H groups in total. The van der Waals surface area contributed by atoms with Crippen molar-refractivity contribution in [1.82, 2.24) is 4.90 Å². The molecule has 2 nitrogen and oxygen atoms in total. The van der Waals surface area contributed by atoms with E-state index in [9.17, 15) is 0 Å². The zero-order chi connectivity index (χ0) is 10.6. The maximum absolute atomic E-state index is 6.11. The van der Waals surface area contributed by atoms with Gasteiger partial charge in [-0.1, -0.05) is 37.3 Å². The number of likely N-dealkylation sites (N-methyl/N-ethyl adjacent to an activating group) is 1. The van der Waals surface area contributed by atoms with Crippen LogP contribution in [0.4, 0.5) is 0 Å². The molecule has 0 spiro atoms. The summed E-state index contributed by atoms with van der Waals surface area (Å²) in [4.78, 5) is 2.18. The van der Waals surface area contributed by atoms with Crippen molar-refractivity contribution >= 4 is 0 Å². The molecule has 0 radical (unpaired) electrons. The lowest BCUT2D eigenvalue weighted by Gasteiger charge is -2.29. The summed E-state index contributed by atoms with van der Waals surface area (Å²) in [6, 6.07) is 11.0. The summed E-state index contributed by atoms with van der Waals surface area (Å²) in [7, 11) is 4.15. The van der Waals surface area contributed by atoms with Gasteiger partial charge in [0.1, 0.15) is 0 Å². The summed E-state index contributed by atoms with van der Waals surface area (Å²) in [6.45, 7) is 2.13. The van der Waals surface area contributed by atoms with E-state index in [1.807, 2.05) is 6.07 Å². The fraction of sp³-hybridized carbons (Fsp3) is 0.500. The summed E-state index contributed by atoms with van der Waals surface area (Å²) in [5.41, 5.74) is 7.41. The molecule has 1 aromatic carbocycles. The van der Waals surface area contributed by atoms with Crippen LogP contribution >= 0.6 is 0 Å². The van der Waals surface area contributed by atoms with E-state index in [4.69, 9.17) is 5.73 Å². The third kappa shape index (κ3) is 2.56. The molecule has 0 saturated heterocycles. The zero-order valence-electron chi connectivity index (χ0n) is 9.27. The quantitative estimate of drug-likeness (QED) is 0.791. The summed E-state index contributed by atoms with van der Waals surface area (Å²) < 4.78 is 0. The minimum absolute atomic E-state index is 0.201. The topological polar surface area (TPSA) is 29.3 Å². The number of hydrogen-bond acceptors (Lipinski definition) is 2. The Labute approximate surface area is 86.7 Å². The van der Waals surface area contributed by atoms with Crippen LogP contribution in [0.1, 0.15) is 24.9 Å². The lowest BCUT2D eigenvalue weighted by atomic mass is 9.97. The highest BCUT2D eigenvalue weighted by Gasteiger charge is 2.19. The van der Waals surface area contributed by atoms with Crippen molar-refractivity contribution in [3.05, 3.63) is 35.9 Å². The molecule has 1 rings (SSSR count). The van der Waals surface area contributed by atoms with Crippen LogP contribution in [0.3, 0.4) is 0 Å². The monoisotopic (exact) mass is 192 g/mol. The molecule has 0 fully saturated rings. The Kier molecular flexibility index (Phi) is 4.11. The molecule has 0 heterocycles. The molecule has 0 bridgehead atoms. The highest BCUT2D eigenvalue weighted by molar-refractivity contribution is 5.20. The van der Waals surface area contributed by atoms with Crippen LogP contribution in [0, 0.1) is 0 Å². The largest absolute Gasteiger partial charge is 0.326 e. The van der Waals surface area contributed by atoms with Gasteiger partial charge in [-0.2, -0.15) is 0 Å². The second-order valence-electron chi connectivity index (χ2n) is 3.89. The normalized spacial score (nSPS) is 15.5. The first-order valence-electron chi connectivity index (χ1n) is 5.13. The first-order chi connectivity index (χ1) is 6.66. The van der Waals surface area contributed by atoms with Gasteiger partial charge in [0.25, 0.3) is 0 Å². The summed E-state index contributed by atoms with van der Waals surface area (Å²) in [5, 5.41) is 0. The first-order valence-corrected chi connectivity index (χ1v) is 5.13. The van der Waals surface area contributed by atoms with Gasteiger partial charge in [0.15, 0.2) is 0 Å². The standard InChI is InChI=1S/C12H20N2/c1-4-11(13)12(14(2)3)10-8-6-5-7-9-10/h5-9,11-12H,4,13H2,1-3H3. The molecule has 1 aromatic rings. The maximum Gasteiger partial charge on any atom is 0.0493 e. The molecule has 2 heteroatoms. The van der Waals surface area contributed by atoms with Crippen LogP contribution in [0.15, 0.2) is 30.3 Å². The molecule has 0 saturated carbocycles. The molecular formula is C12H20N2. The highest BCUT2D eigenvalue weighted by Crippen LogP contribution is 2.21. The Balaban J connectivity index is 2.89.